The molecule has 0 atom stereocenters. The normalized spacial score (nSPS) is 18.5. The van der Waals surface area contributed by atoms with E-state index in [2.05, 4.69) is 15.6 Å². The number of aliphatic imine (C=N–C) groups is 1. The van der Waals surface area contributed by atoms with E-state index in [0.29, 0.717) is 10.6 Å². The van der Waals surface area contributed by atoms with Crippen LogP contribution in [0.3, 0.4) is 0 Å². The average molecular weight is 280 g/mol. The van der Waals surface area contributed by atoms with E-state index in [-0.39, 0.29) is 17.6 Å². The van der Waals surface area contributed by atoms with Gasteiger partial charge in [0.1, 0.15) is 12.2 Å². The Morgan fingerprint density at radius 2 is 2.11 bits per heavy atom. The molecule has 0 aromatic heterocycles. The van der Waals surface area contributed by atoms with E-state index >= 15 is 0 Å². The van der Waals surface area contributed by atoms with E-state index < -0.39 is 12.5 Å². The standard InChI is InChI=1S/C12H10ClN3O3/c13-8-4-2-1-3-7(8)5-9-11(19)16-12(15-9)14-6-10(17)18/h1-5H,6H2,(H,17,18)(H2,14,15,16,19)/b9-5-. The summed E-state index contributed by atoms with van der Waals surface area (Å²) >= 11 is 5.98. The van der Waals surface area contributed by atoms with Crippen molar-refractivity contribution in [2.75, 3.05) is 6.54 Å². The van der Waals surface area contributed by atoms with Gasteiger partial charge in [-0.3, -0.25) is 14.9 Å². The predicted molar refractivity (Wildman–Crippen MR) is 70.6 cm³/mol. The summed E-state index contributed by atoms with van der Waals surface area (Å²) in [4.78, 5) is 25.7. The second-order valence-electron chi connectivity index (χ2n) is 3.72. The van der Waals surface area contributed by atoms with Gasteiger partial charge in [0.2, 0.25) is 5.96 Å². The number of halogens is 1. The third-order valence-corrected chi connectivity index (χ3v) is 2.65. The number of carbonyl (C=O) groups excluding carboxylic acids is 1. The van der Waals surface area contributed by atoms with E-state index in [1.165, 1.54) is 0 Å². The van der Waals surface area contributed by atoms with Crippen molar-refractivity contribution >= 4 is 35.5 Å². The Morgan fingerprint density at radius 3 is 2.79 bits per heavy atom. The van der Waals surface area contributed by atoms with Gasteiger partial charge in [-0.2, -0.15) is 0 Å². The molecule has 7 heteroatoms. The lowest BCUT2D eigenvalue weighted by molar-refractivity contribution is -0.135. The van der Waals surface area contributed by atoms with Crippen molar-refractivity contribution in [1.82, 2.24) is 10.6 Å². The number of aliphatic carboxylic acids is 1. The SMILES string of the molecule is O=C(O)CN=C1NC(=O)/C(=C/c2ccccc2Cl)N1. The van der Waals surface area contributed by atoms with Crippen molar-refractivity contribution in [3.8, 4) is 0 Å². The van der Waals surface area contributed by atoms with Crippen LogP contribution in [0, 0.1) is 0 Å². The van der Waals surface area contributed by atoms with E-state index in [4.69, 9.17) is 16.7 Å². The van der Waals surface area contributed by atoms with Gasteiger partial charge in [-0.25, -0.2) is 4.99 Å². The summed E-state index contributed by atoms with van der Waals surface area (Å²) in [6.45, 7) is -0.415. The lowest BCUT2D eigenvalue weighted by atomic mass is 10.2. The van der Waals surface area contributed by atoms with Gasteiger partial charge in [0, 0.05) is 5.02 Å². The smallest absolute Gasteiger partial charge is 0.325 e. The number of amides is 1. The number of carbonyl (C=O) groups is 2. The molecule has 6 nitrogen and oxygen atoms in total. The highest BCUT2D eigenvalue weighted by Crippen LogP contribution is 2.18. The highest BCUT2D eigenvalue weighted by molar-refractivity contribution is 6.32. The number of hydrogen-bond donors (Lipinski definition) is 3. The maximum absolute atomic E-state index is 11.6. The molecule has 3 N–H and O–H groups in total. The van der Waals surface area contributed by atoms with Crippen LogP contribution in [-0.4, -0.2) is 29.5 Å². The molecular weight excluding hydrogens is 270 g/mol. The highest BCUT2D eigenvalue weighted by atomic mass is 35.5. The number of benzene rings is 1. The van der Waals surface area contributed by atoms with Crippen LogP contribution < -0.4 is 10.6 Å². The van der Waals surface area contributed by atoms with Crippen molar-refractivity contribution < 1.29 is 14.7 Å². The molecule has 1 aliphatic rings. The number of rotatable bonds is 3. The van der Waals surface area contributed by atoms with Gasteiger partial charge in [-0.05, 0) is 17.7 Å². The van der Waals surface area contributed by atoms with Crippen LogP contribution in [0.1, 0.15) is 5.56 Å². The molecule has 98 valence electrons. The molecule has 1 saturated heterocycles. The van der Waals surface area contributed by atoms with Crippen LogP contribution >= 0.6 is 11.6 Å². The zero-order valence-corrected chi connectivity index (χ0v) is 10.4. The second kappa shape index (κ2) is 5.53. The van der Waals surface area contributed by atoms with Crippen molar-refractivity contribution in [2.24, 2.45) is 4.99 Å². The van der Waals surface area contributed by atoms with Crippen molar-refractivity contribution in [3.63, 3.8) is 0 Å². The van der Waals surface area contributed by atoms with Gasteiger partial charge in [0.05, 0.1) is 0 Å². The molecule has 1 amide bonds. The Hall–Kier alpha value is -2.34. The minimum Gasteiger partial charge on any atom is -0.480 e. The Balaban J connectivity index is 2.19. The van der Waals surface area contributed by atoms with Crippen LogP contribution in [0.15, 0.2) is 35.0 Å². The molecule has 1 aliphatic heterocycles. The first-order valence-corrected chi connectivity index (χ1v) is 5.75. The molecule has 1 fully saturated rings. The molecule has 0 radical (unpaired) electrons. The molecule has 0 unspecified atom stereocenters. The molecule has 1 heterocycles. The fourth-order valence-corrected chi connectivity index (χ4v) is 1.66. The molecule has 1 aromatic carbocycles. The summed E-state index contributed by atoms with van der Waals surface area (Å²) in [6, 6.07) is 7.05. The van der Waals surface area contributed by atoms with E-state index in [1.54, 1.807) is 30.3 Å². The first-order chi connectivity index (χ1) is 9.06. The van der Waals surface area contributed by atoms with E-state index in [1.807, 2.05) is 0 Å². The van der Waals surface area contributed by atoms with Crippen molar-refractivity contribution in [3.05, 3.63) is 40.5 Å². The molecule has 19 heavy (non-hydrogen) atoms. The van der Waals surface area contributed by atoms with Crippen LogP contribution in [0.5, 0.6) is 0 Å². The molecule has 0 aliphatic carbocycles. The summed E-state index contributed by atoms with van der Waals surface area (Å²) < 4.78 is 0. The summed E-state index contributed by atoms with van der Waals surface area (Å²) in [7, 11) is 0. The Labute approximate surface area is 113 Å². The first-order valence-electron chi connectivity index (χ1n) is 5.37. The number of nitrogens with zero attached hydrogens (tertiary/aromatic N) is 1. The van der Waals surface area contributed by atoms with Crippen LogP contribution in [0.4, 0.5) is 0 Å². The third-order valence-electron chi connectivity index (χ3n) is 2.31. The van der Waals surface area contributed by atoms with Gasteiger partial charge in [0.15, 0.2) is 0 Å². The summed E-state index contributed by atoms with van der Waals surface area (Å²) in [6.07, 6.45) is 1.57. The molecule has 0 spiro atoms. The minimum atomic E-state index is -1.08. The molecule has 2 rings (SSSR count). The number of carboxylic acids is 1. The number of hydrogen-bond acceptors (Lipinski definition) is 3. The highest BCUT2D eigenvalue weighted by Gasteiger charge is 2.21. The van der Waals surface area contributed by atoms with Crippen LogP contribution in [0.25, 0.3) is 6.08 Å². The van der Waals surface area contributed by atoms with E-state index in [0.717, 1.165) is 0 Å². The predicted octanol–water partition coefficient (Wildman–Crippen LogP) is 0.841. The maximum Gasteiger partial charge on any atom is 0.325 e. The quantitative estimate of drug-likeness (QED) is 0.715. The molecule has 1 aromatic rings. The van der Waals surface area contributed by atoms with Crippen molar-refractivity contribution in [2.45, 2.75) is 0 Å². The minimum absolute atomic E-state index is 0.116. The van der Waals surface area contributed by atoms with Gasteiger partial charge >= 0.3 is 5.97 Å². The van der Waals surface area contributed by atoms with Crippen LogP contribution in [0.2, 0.25) is 5.02 Å². The second-order valence-corrected chi connectivity index (χ2v) is 4.12. The van der Waals surface area contributed by atoms with Gasteiger partial charge in [-0.1, -0.05) is 29.8 Å². The molecular formula is C12H10ClN3O3. The zero-order valence-electron chi connectivity index (χ0n) is 9.68. The van der Waals surface area contributed by atoms with Gasteiger partial charge < -0.3 is 10.4 Å². The summed E-state index contributed by atoms with van der Waals surface area (Å²) in [5.41, 5.74) is 0.943. The zero-order chi connectivity index (χ0) is 13.8. The third kappa shape index (κ3) is 3.32. The Bertz CT molecular complexity index is 596. The fourth-order valence-electron chi connectivity index (χ4n) is 1.47. The largest absolute Gasteiger partial charge is 0.480 e. The average Bonchev–Trinajstić information content (AvgIpc) is 2.71. The Kier molecular flexibility index (Phi) is 3.82. The van der Waals surface area contributed by atoms with E-state index in [9.17, 15) is 9.59 Å². The fraction of sp³-hybridized carbons (Fsp3) is 0.0833. The number of carboxylic acid groups (broad SMARTS) is 1. The summed E-state index contributed by atoms with van der Waals surface area (Å²) in [5.74, 6) is -1.35. The van der Waals surface area contributed by atoms with Gasteiger partial charge in [0.25, 0.3) is 5.91 Å². The number of guanidine groups is 1. The van der Waals surface area contributed by atoms with Crippen LogP contribution in [-0.2, 0) is 9.59 Å². The monoisotopic (exact) mass is 279 g/mol. The number of nitrogens with one attached hydrogen (secondary N) is 2. The molecule has 0 saturated carbocycles. The Morgan fingerprint density at radius 1 is 1.37 bits per heavy atom. The first kappa shape index (κ1) is 13.1. The molecule has 0 bridgehead atoms. The van der Waals surface area contributed by atoms with Gasteiger partial charge in [-0.15, -0.1) is 0 Å². The maximum atomic E-state index is 11.6. The lowest BCUT2D eigenvalue weighted by Crippen LogP contribution is -2.26. The van der Waals surface area contributed by atoms with Crippen molar-refractivity contribution in [1.29, 1.82) is 0 Å². The topological polar surface area (TPSA) is 90.8 Å². The lowest BCUT2D eigenvalue weighted by Gasteiger charge is -1.99. The summed E-state index contributed by atoms with van der Waals surface area (Å²) in [5, 5.41) is 14.1.